The molecular formula is C11H6ClF4N3. The zero-order chi connectivity index (χ0) is 14.2. The minimum absolute atomic E-state index is 0.0151. The van der Waals surface area contributed by atoms with Gasteiger partial charge in [0.05, 0.1) is 10.7 Å². The molecule has 3 nitrogen and oxygen atoms in total. The highest BCUT2D eigenvalue weighted by Crippen LogP contribution is 2.32. The van der Waals surface area contributed by atoms with Crippen molar-refractivity contribution in [2.24, 2.45) is 0 Å². The summed E-state index contributed by atoms with van der Waals surface area (Å²) in [7, 11) is 0. The molecule has 0 bridgehead atoms. The number of hydrogen-bond acceptors (Lipinski definition) is 3. The number of nitrogens with two attached hydrogens (primary N) is 1. The second kappa shape index (κ2) is 4.65. The highest BCUT2D eigenvalue weighted by Gasteiger charge is 2.35. The van der Waals surface area contributed by atoms with Crippen LogP contribution in [0.15, 0.2) is 24.3 Å². The van der Waals surface area contributed by atoms with Gasteiger partial charge in [-0.15, -0.1) is 0 Å². The molecule has 1 heterocycles. The molecule has 0 spiro atoms. The smallest absolute Gasteiger partial charge is 0.384 e. The molecule has 0 aliphatic carbocycles. The molecule has 0 aliphatic rings. The van der Waals surface area contributed by atoms with Gasteiger partial charge in [0.15, 0.2) is 0 Å². The van der Waals surface area contributed by atoms with Gasteiger partial charge in [0.2, 0.25) is 5.82 Å². The Morgan fingerprint density at radius 2 is 1.79 bits per heavy atom. The first-order chi connectivity index (χ1) is 8.77. The lowest BCUT2D eigenvalue weighted by atomic mass is 10.1. The van der Waals surface area contributed by atoms with Crippen molar-refractivity contribution in [3.8, 4) is 11.3 Å². The summed E-state index contributed by atoms with van der Waals surface area (Å²) in [5.41, 5.74) is 5.12. The number of nitrogen functional groups attached to an aromatic ring is 1. The molecule has 0 atom stereocenters. The van der Waals surface area contributed by atoms with E-state index in [1.54, 1.807) is 0 Å². The third kappa shape index (κ3) is 2.93. The van der Waals surface area contributed by atoms with Gasteiger partial charge in [0.25, 0.3) is 0 Å². The van der Waals surface area contributed by atoms with Gasteiger partial charge in [-0.1, -0.05) is 11.6 Å². The third-order valence-electron chi connectivity index (χ3n) is 2.20. The molecule has 0 aliphatic heterocycles. The van der Waals surface area contributed by atoms with E-state index in [1.165, 1.54) is 6.07 Å². The van der Waals surface area contributed by atoms with Crippen molar-refractivity contribution in [1.82, 2.24) is 9.97 Å². The van der Waals surface area contributed by atoms with Crippen LogP contribution in [0.2, 0.25) is 5.02 Å². The van der Waals surface area contributed by atoms with Crippen LogP contribution in [0.4, 0.5) is 23.4 Å². The summed E-state index contributed by atoms with van der Waals surface area (Å²) in [6, 6.07) is 4.37. The molecule has 2 N–H and O–H groups in total. The minimum Gasteiger partial charge on any atom is -0.384 e. The van der Waals surface area contributed by atoms with Gasteiger partial charge in [-0.25, -0.2) is 14.4 Å². The first kappa shape index (κ1) is 13.5. The number of rotatable bonds is 1. The van der Waals surface area contributed by atoms with Crippen LogP contribution in [0.1, 0.15) is 5.82 Å². The molecule has 100 valence electrons. The summed E-state index contributed by atoms with van der Waals surface area (Å²) in [4.78, 5) is 6.40. The van der Waals surface area contributed by atoms with Crippen LogP contribution >= 0.6 is 11.6 Å². The van der Waals surface area contributed by atoms with Crippen molar-refractivity contribution < 1.29 is 17.6 Å². The Bertz CT molecular complexity index is 628. The average molecular weight is 292 g/mol. The number of anilines is 1. The van der Waals surface area contributed by atoms with Crippen LogP contribution < -0.4 is 5.73 Å². The van der Waals surface area contributed by atoms with E-state index in [4.69, 9.17) is 17.3 Å². The number of benzene rings is 1. The number of aromatic nitrogens is 2. The van der Waals surface area contributed by atoms with Crippen molar-refractivity contribution in [3.05, 3.63) is 40.9 Å². The van der Waals surface area contributed by atoms with E-state index in [0.717, 1.165) is 18.2 Å². The lowest BCUT2D eigenvalue weighted by Crippen LogP contribution is -2.13. The molecule has 0 saturated heterocycles. The molecule has 1 aromatic carbocycles. The summed E-state index contributed by atoms with van der Waals surface area (Å²) >= 11 is 5.80. The highest BCUT2D eigenvalue weighted by molar-refractivity contribution is 6.33. The van der Waals surface area contributed by atoms with Gasteiger partial charge in [0, 0.05) is 11.6 Å². The molecule has 1 aromatic heterocycles. The first-order valence-corrected chi connectivity index (χ1v) is 5.32. The molecule has 2 aromatic rings. The van der Waals surface area contributed by atoms with Crippen molar-refractivity contribution in [1.29, 1.82) is 0 Å². The van der Waals surface area contributed by atoms with E-state index in [1.807, 2.05) is 0 Å². The normalized spacial score (nSPS) is 11.6. The Kier molecular flexibility index (Phi) is 3.32. The average Bonchev–Trinajstić information content (AvgIpc) is 2.30. The largest absolute Gasteiger partial charge is 0.451 e. The number of nitrogens with zero attached hydrogens (tertiary/aromatic N) is 2. The van der Waals surface area contributed by atoms with Gasteiger partial charge >= 0.3 is 6.18 Å². The second-order valence-corrected chi connectivity index (χ2v) is 4.03. The van der Waals surface area contributed by atoms with Crippen molar-refractivity contribution >= 4 is 17.4 Å². The van der Waals surface area contributed by atoms with Gasteiger partial charge in [-0.05, 0) is 18.2 Å². The Hall–Kier alpha value is -1.89. The van der Waals surface area contributed by atoms with Crippen LogP contribution in [0.25, 0.3) is 11.3 Å². The van der Waals surface area contributed by atoms with E-state index < -0.39 is 17.8 Å². The van der Waals surface area contributed by atoms with Gasteiger partial charge < -0.3 is 5.73 Å². The van der Waals surface area contributed by atoms with Crippen molar-refractivity contribution in [3.63, 3.8) is 0 Å². The maximum absolute atomic E-state index is 13.1. The summed E-state index contributed by atoms with van der Waals surface area (Å²) in [5, 5.41) is 0.0626. The SMILES string of the molecule is Nc1cc(-c2cc(F)ccc2Cl)nc(C(F)(F)F)n1. The van der Waals surface area contributed by atoms with Crippen molar-refractivity contribution in [2.45, 2.75) is 6.18 Å². The zero-order valence-corrected chi connectivity index (χ0v) is 9.93. The molecule has 0 radical (unpaired) electrons. The lowest BCUT2D eigenvalue weighted by Gasteiger charge is -2.09. The zero-order valence-electron chi connectivity index (χ0n) is 9.17. The fraction of sp³-hybridized carbons (Fsp3) is 0.0909. The van der Waals surface area contributed by atoms with Crippen LogP contribution in [0.3, 0.4) is 0 Å². The maximum atomic E-state index is 13.1. The number of halogens is 5. The van der Waals surface area contributed by atoms with E-state index in [2.05, 4.69) is 9.97 Å². The predicted molar refractivity (Wildman–Crippen MR) is 61.9 cm³/mol. The van der Waals surface area contributed by atoms with Gasteiger partial charge in [-0.2, -0.15) is 13.2 Å². The van der Waals surface area contributed by atoms with Crippen LogP contribution in [0, 0.1) is 5.82 Å². The standard InChI is InChI=1S/C11H6ClF4N3/c12-7-2-1-5(13)3-6(7)8-4-9(17)19-10(18-8)11(14,15)16/h1-4H,(H2,17,18,19). The summed E-state index contributed by atoms with van der Waals surface area (Å²) in [6.07, 6.45) is -4.75. The predicted octanol–water partition coefficient (Wildman–Crippen LogP) is 3.54. The van der Waals surface area contributed by atoms with E-state index >= 15 is 0 Å². The topological polar surface area (TPSA) is 51.8 Å². The Morgan fingerprint density at radius 3 is 2.42 bits per heavy atom. The van der Waals surface area contributed by atoms with Crippen LogP contribution in [-0.2, 0) is 6.18 Å². The second-order valence-electron chi connectivity index (χ2n) is 3.62. The van der Waals surface area contributed by atoms with Crippen LogP contribution in [-0.4, -0.2) is 9.97 Å². The summed E-state index contributed by atoms with van der Waals surface area (Å²) < 4.78 is 50.8. The molecule has 19 heavy (non-hydrogen) atoms. The van der Waals surface area contributed by atoms with E-state index in [9.17, 15) is 17.6 Å². The first-order valence-electron chi connectivity index (χ1n) is 4.94. The van der Waals surface area contributed by atoms with E-state index in [-0.39, 0.29) is 22.1 Å². The van der Waals surface area contributed by atoms with E-state index in [0.29, 0.717) is 0 Å². The fourth-order valence-corrected chi connectivity index (χ4v) is 1.64. The quantitative estimate of drug-likeness (QED) is 0.818. The van der Waals surface area contributed by atoms with Gasteiger partial charge in [-0.3, -0.25) is 0 Å². The third-order valence-corrected chi connectivity index (χ3v) is 2.53. The fourth-order valence-electron chi connectivity index (χ4n) is 1.42. The number of hydrogen-bond donors (Lipinski definition) is 1. The molecule has 0 amide bonds. The minimum atomic E-state index is -4.75. The molecule has 2 rings (SSSR count). The molecule has 0 saturated carbocycles. The molecule has 0 fully saturated rings. The summed E-state index contributed by atoms with van der Waals surface area (Å²) in [5.74, 6) is -2.43. The van der Waals surface area contributed by atoms with Crippen LogP contribution in [0.5, 0.6) is 0 Å². The summed E-state index contributed by atoms with van der Waals surface area (Å²) in [6.45, 7) is 0. The molecular weight excluding hydrogens is 286 g/mol. The highest BCUT2D eigenvalue weighted by atomic mass is 35.5. The maximum Gasteiger partial charge on any atom is 0.451 e. The molecule has 0 unspecified atom stereocenters. The van der Waals surface area contributed by atoms with Crippen molar-refractivity contribution in [2.75, 3.05) is 5.73 Å². The van der Waals surface area contributed by atoms with Gasteiger partial charge in [0.1, 0.15) is 11.6 Å². The Labute approximate surface area is 110 Å². The molecule has 8 heteroatoms. The Balaban J connectivity index is 2.63. The monoisotopic (exact) mass is 291 g/mol. The number of alkyl halides is 3. The lowest BCUT2D eigenvalue weighted by molar-refractivity contribution is -0.144. The Morgan fingerprint density at radius 1 is 1.11 bits per heavy atom.